The van der Waals surface area contributed by atoms with E-state index in [1.807, 2.05) is 12.1 Å². The molecule has 1 unspecified atom stereocenters. The van der Waals surface area contributed by atoms with Crippen molar-refractivity contribution in [3.05, 3.63) is 67.1 Å². The van der Waals surface area contributed by atoms with E-state index in [4.69, 9.17) is 34.8 Å². The molecule has 0 radical (unpaired) electrons. The lowest BCUT2D eigenvalue weighted by Gasteiger charge is -2.15. The van der Waals surface area contributed by atoms with Crippen molar-refractivity contribution in [2.45, 2.75) is 19.5 Å². The molecule has 2 N–H and O–H groups in total. The zero-order chi connectivity index (χ0) is 18.6. The molecule has 0 saturated carbocycles. The van der Waals surface area contributed by atoms with Gasteiger partial charge in [0.05, 0.1) is 15.6 Å². The Morgan fingerprint density at radius 3 is 2.52 bits per heavy atom. The average Bonchev–Trinajstić information content (AvgIpc) is 2.56. The van der Waals surface area contributed by atoms with E-state index in [9.17, 15) is 9.59 Å². The molecule has 0 heterocycles. The zero-order valence-electron chi connectivity index (χ0n) is 13.1. The fraction of sp³-hybridized carbons (Fsp3) is 0.176. The fourth-order valence-corrected chi connectivity index (χ4v) is 3.15. The van der Waals surface area contributed by atoms with Gasteiger partial charge < -0.3 is 10.6 Å². The maximum absolute atomic E-state index is 12.2. The third-order valence-corrected chi connectivity index (χ3v) is 5.07. The van der Waals surface area contributed by atoms with Crippen LogP contribution in [0, 0.1) is 0 Å². The molecule has 2 rings (SSSR count). The Morgan fingerprint density at radius 1 is 1.12 bits per heavy atom. The van der Waals surface area contributed by atoms with Crippen LogP contribution < -0.4 is 10.6 Å². The van der Waals surface area contributed by atoms with Gasteiger partial charge in [-0.25, -0.2) is 0 Å². The minimum atomic E-state index is -0.753. The van der Waals surface area contributed by atoms with Crippen LogP contribution in [0.15, 0.2) is 40.9 Å². The van der Waals surface area contributed by atoms with Crippen molar-refractivity contribution in [3.8, 4) is 0 Å². The van der Waals surface area contributed by atoms with E-state index in [2.05, 4.69) is 26.6 Å². The Bertz CT molecular complexity index is 814. The molecule has 0 fully saturated rings. The summed E-state index contributed by atoms with van der Waals surface area (Å²) >= 11 is 21.3. The molecular weight excluding hydrogens is 450 g/mol. The molecule has 1 atom stereocenters. The highest BCUT2D eigenvalue weighted by atomic mass is 79.9. The molecule has 132 valence electrons. The van der Waals surface area contributed by atoms with E-state index in [0.29, 0.717) is 5.02 Å². The number of carbonyl (C=O) groups is 2. The van der Waals surface area contributed by atoms with E-state index in [1.54, 1.807) is 25.1 Å². The Balaban J connectivity index is 1.95. The van der Waals surface area contributed by atoms with E-state index in [1.165, 1.54) is 6.07 Å². The summed E-state index contributed by atoms with van der Waals surface area (Å²) in [5, 5.41) is 6.28. The summed E-state index contributed by atoms with van der Waals surface area (Å²) in [4.78, 5) is 24.4. The van der Waals surface area contributed by atoms with Crippen LogP contribution in [-0.4, -0.2) is 17.9 Å². The second-order valence-electron chi connectivity index (χ2n) is 5.25. The lowest BCUT2D eigenvalue weighted by Crippen LogP contribution is -2.44. The number of carbonyl (C=O) groups excluding carboxylic acids is 2. The molecule has 4 nitrogen and oxygen atoms in total. The number of halogens is 4. The monoisotopic (exact) mass is 462 g/mol. The van der Waals surface area contributed by atoms with Crippen LogP contribution in [0.3, 0.4) is 0 Å². The first kappa shape index (κ1) is 20.0. The second kappa shape index (κ2) is 8.90. The summed E-state index contributed by atoms with van der Waals surface area (Å²) in [5.74, 6) is -0.817. The van der Waals surface area contributed by atoms with Gasteiger partial charge in [0.25, 0.3) is 5.91 Å². The number of amides is 2. The smallest absolute Gasteiger partial charge is 0.253 e. The van der Waals surface area contributed by atoms with Crippen molar-refractivity contribution >= 4 is 62.5 Å². The average molecular weight is 465 g/mol. The van der Waals surface area contributed by atoms with Gasteiger partial charge in [0.15, 0.2) is 0 Å². The van der Waals surface area contributed by atoms with Gasteiger partial charge in [-0.1, -0.05) is 62.9 Å². The van der Waals surface area contributed by atoms with Crippen LogP contribution in [0.4, 0.5) is 0 Å². The highest BCUT2D eigenvalue weighted by molar-refractivity contribution is 9.10. The van der Waals surface area contributed by atoms with Gasteiger partial charge >= 0.3 is 0 Å². The summed E-state index contributed by atoms with van der Waals surface area (Å²) in [6.45, 7) is 1.83. The van der Waals surface area contributed by atoms with Crippen LogP contribution in [0.25, 0.3) is 0 Å². The van der Waals surface area contributed by atoms with E-state index >= 15 is 0 Å². The number of hydrogen-bond donors (Lipinski definition) is 2. The largest absolute Gasteiger partial charge is 0.350 e. The SMILES string of the molecule is CC(NC(=O)c1cccc(Cl)c1Cl)C(=O)NCc1ccc(Br)cc1Cl. The summed E-state index contributed by atoms with van der Waals surface area (Å²) in [7, 11) is 0. The lowest BCUT2D eigenvalue weighted by molar-refractivity contribution is -0.122. The molecule has 25 heavy (non-hydrogen) atoms. The van der Waals surface area contributed by atoms with Crippen molar-refractivity contribution in [1.82, 2.24) is 10.6 Å². The Hall–Kier alpha value is -1.27. The Morgan fingerprint density at radius 2 is 1.84 bits per heavy atom. The molecule has 0 spiro atoms. The molecule has 2 aromatic carbocycles. The minimum absolute atomic E-state index is 0.149. The number of nitrogens with one attached hydrogen (secondary N) is 2. The zero-order valence-corrected chi connectivity index (χ0v) is 16.9. The topological polar surface area (TPSA) is 58.2 Å². The van der Waals surface area contributed by atoms with Crippen molar-refractivity contribution in [2.24, 2.45) is 0 Å². The van der Waals surface area contributed by atoms with Gasteiger partial charge in [-0.3, -0.25) is 9.59 Å². The summed E-state index contributed by atoms with van der Waals surface area (Å²) < 4.78 is 0.853. The molecule has 0 aliphatic carbocycles. The van der Waals surface area contributed by atoms with Gasteiger partial charge in [0, 0.05) is 16.0 Å². The molecule has 8 heteroatoms. The molecule has 0 bridgehead atoms. The van der Waals surface area contributed by atoms with Crippen molar-refractivity contribution < 1.29 is 9.59 Å². The fourth-order valence-electron chi connectivity index (χ4n) is 2.02. The van der Waals surface area contributed by atoms with Crippen LogP contribution >= 0.6 is 50.7 Å². The van der Waals surface area contributed by atoms with Crippen molar-refractivity contribution in [1.29, 1.82) is 0 Å². The van der Waals surface area contributed by atoms with Gasteiger partial charge in [-0.15, -0.1) is 0 Å². The number of benzene rings is 2. The Labute approximate surface area is 169 Å². The maximum atomic E-state index is 12.2. The first-order valence-electron chi connectivity index (χ1n) is 7.26. The van der Waals surface area contributed by atoms with Gasteiger partial charge in [-0.2, -0.15) is 0 Å². The van der Waals surface area contributed by atoms with Crippen LogP contribution in [0.1, 0.15) is 22.8 Å². The van der Waals surface area contributed by atoms with E-state index < -0.39 is 11.9 Å². The van der Waals surface area contributed by atoms with Crippen molar-refractivity contribution in [3.63, 3.8) is 0 Å². The summed E-state index contributed by atoms with van der Waals surface area (Å²) in [5.41, 5.74) is 0.986. The van der Waals surface area contributed by atoms with Crippen LogP contribution in [0.5, 0.6) is 0 Å². The van der Waals surface area contributed by atoms with Gasteiger partial charge in [0.1, 0.15) is 6.04 Å². The van der Waals surface area contributed by atoms with Gasteiger partial charge in [-0.05, 0) is 36.8 Å². The molecule has 0 saturated heterocycles. The maximum Gasteiger partial charge on any atom is 0.253 e. The number of hydrogen-bond acceptors (Lipinski definition) is 2. The quantitative estimate of drug-likeness (QED) is 0.665. The van der Waals surface area contributed by atoms with Crippen molar-refractivity contribution in [2.75, 3.05) is 0 Å². The molecule has 2 aromatic rings. The standard InChI is InChI=1S/C17H14BrCl3N2O2/c1-9(23-17(25)12-3-2-4-13(19)15(12)21)16(24)22-8-10-5-6-11(18)7-14(10)20/h2-7,9H,8H2,1H3,(H,22,24)(H,23,25). The minimum Gasteiger partial charge on any atom is -0.350 e. The lowest BCUT2D eigenvalue weighted by atomic mass is 10.2. The van der Waals surface area contributed by atoms with Crippen LogP contribution in [-0.2, 0) is 11.3 Å². The second-order valence-corrected chi connectivity index (χ2v) is 7.36. The van der Waals surface area contributed by atoms with Gasteiger partial charge in [0.2, 0.25) is 5.91 Å². The summed E-state index contributed by atoms with van der Waals surface area (Å²) in [6.07, 6.45) is 0. The predicted molar refractivity (Wildman–Crippen MR) is 104 cm³/mol. The third-order valence-electron chi connectivity index (χ3n) is 3.41. The summed E-state index contributed by atoms with van der Waals surface area (Å²) in [6, 6.07) is 9.37. The highest BCUT2D eigenvalue weighted by Gasteiger charge is 2.19. The first-order valence-corrected chi connectivity index (χ1v) is 9.18. The third kappa shape index (κ3) is 5.35. The highest BCUT2D eigenvalue weighted by Crippen LogP contribution is 2.25. The van der Waals surface area contributed by atoms with Crippen LogP contribution in [0.2, 0.25) is 15.1 Å². The van der Waals surface area contributed by atoms with E-state index in [-0.39, 0.29) is 28.1 Å². The number of rotatable bonds is 5. The first-order chi connectivity index (χ1) is 11.8. The molecule has 2 amide bonds. The predicted octanol–water partition coefficient (Wildman–Crippen LogP) is 4.84. The molecular formula is C17H14BrCl3N2O2. The molecule has 0 aliphatic rings. The normalized spacial score (nSPS) is 11.7. The van der Waals surface area contributed by atoms with E-state index in [0.717, 1.165) is 10.0 Å². The Kier molecular flexibility index (Phi) is 7.14. The molecule has 0 aromatic heterocycles. The molecule has 0 aliphatic heterocycles.